The quantitative estimate of drug-likeness (QED) is 0.424. The van der Waals surface area contributed by atoms with Crippen LogP contribution >= 0.6 is 0 Å². The van der Waals surface area contributed by atoms with E-state index in [-0.39, 0.29) is 23.3 Å². The van der Waals surface area contributed by atoms with Crippen LogP contribution in [0.5, 0.6) is 5.88 Å². The summed E-state index contributed by atoms with van der Waals surface area (Å²) in [6, 6.07) is 0. The van der Waals surface area contributed by atoms with Crippen LogP contribution in [0.3, 0.4) is 0 Å². The van der Waals surface area contributed by atoms with Crippen molar-refractivity contribution >= 4 is 11.5 Å². The van der Waals surface area contributed by atoms with Crippen molar-refractivity contribution in [2.75, 3.05) is 32.2 Å². The molecule has 0 amide bonds. The monoisotopic (exact) mass is 298 g/mol. The van der Waals surface area contributed by atoms with Gasteiger partial charge in [0.2, 0.25) is 5.82 Å². The van der Waals surface area contributed by atoms with Gasteiger partial charge in [-0.1, -0.05) is 20.8 Å². The van der Waals surface area contributed by atoms with Gasteiger partial charge in [-0.05, 0) is 6.42 Å². The Morgan fingerprint density at radius 3 is 2.57 bits per heavy atom. The van der Waals surface area contributed by atoms with E-state index in [0.29, 0.717) is 25.6 Å². The molecule has 1 N–H and O–H groups in total. The van der Waals surface area contributed by atoms with Gasteiger partial charge in [-0.2, -0.15) is 4.98 Å². The lowest BCUT2D eigenvalue weighted by atomic mass is 10.2. The molecular weight excluding hydrogens is 276 g/mol. The van der Waals surface area contributed by atoms with Crippen molar-refractivity contribution < 1.29 is 14.4 Å². The van der Waals surface area contributed by atoms with Gasteiger partial charge >= 0.3 is 5.69 Å². The van der Waals surface area contributed by atoms with E-state index < -0.39 is 4.92 Å². The molecule has 118 valence electrons. The number of nitro groups is 1. The standard InChI is InChI=1S/C13H22N4O4/c1-5-7-21-13-10(17(18)19)12(14-6-8-20-4)15-11(16-13)9(2)3/h9H,5-8H2,1-4H3,(H,14,15,16). The van der Waals surface area contributed by atoms with E-state index >= 15 is 0 Å². The molecule has 0 bridgehead atoms. The van der Waals surface area contributed by atoms with Crippen LogP contribution in [0.2, 0.25) is 0 Å². The lowest BCUT2D eigenvalue weighted by Gasteiger charge is -2.12. The van der Waals surface area contributed by atoms with Crippen LogP contribution in [0.25, 0.3) is 0 Å². The molecule has 0 aliphatic rings. The maximum atomic E-state index is 11.3. The van der Waals surface area contributed by atoms with E-state index in [9.17, 15) is 10.1 Å². The van der Waals surface area contributed by atoms with E-state index in [4.69, 9.17) is 9.47 Å². The molecular formula is C13H22N4O4. The van der Waals surface area contributed by atoms with Gasteiger partial charge in [-0.15, -0.1) is 0 Å². The minimum Gasteiger partial charge on any atom is -0.473 e. The Labute approximate surface area is 124 Å². The molecule has 1 aromatic heterocycles. The van der Waals surface area contributed by atoms with Crippen LogP contribution in [0, 0.1) is 10.1 Å². The fourth-order valence-electron chi connectivity index (χ4n) is 1.57. The lowest BCUT2D eigenvalue weighted by molar-refractivity contribution is -0.385. The fraction of sp³-hybridized carbons (Fsp3) is 0.692. The van der Waals surface area contributed by atoms with Crippen molar-refractivity contribution in [1.82, 2.24) is 9.97 Å². The van der Waals surface area contributed by atoms with E-state index in [0.717, 1.165) is 6.42 Å². The SMILES string of the molecule is CCCOc1nc(C(C)C)nc(NCCOC)c1[N+](=O)[O-]. The van der Waals surface area contributed by atoms with Crippen molar-refractivity contribution in [2.45, 2.75) is 33.1 Å². The highest BCUT2D eigenvalue weighted by Crippen LogP contribution is 2.33. The molecule has 0 atom stereocenters. The Kier molecular flexibility index (Phi) is 6.80. The summed E-state index contributed by atoms with van der Waals surface area (Å²) >= 11 is 0. The minimum absolute atomic E-state index is 0.0143. The second-order valence-electron chi connectivity index (χ2n) is 4.76. The van der Waals surface area contributed by atoms with Crippen LogP contribution in [0.15, 0.2) is 0 Å². The van der Waals surface area contributed by atoms with Gasteiger partial charge in [0.1, 0.15) is 5.82 Å². The summed E-state index contributed by atoms with van der Waals surface area (Å²) in [5.74, 6) is 0.728. The number of methoxy groups -OCH3 is 1. The average molecular weight is 298 g/mol. The van der Waals surface area contributed by atoms with Crippen LogP contribution in [0.4, 0.5) is 11.5 Å². The Balaban J connectivity index is 3.21. The topological polar surface area (TPSA) is 99.4 Å². The number of rotatable bonds is 9. The Hall–Kier alpha value is -1.96. The number of nitrogens with one attached hydrogen (secondary N) is 1. The molecule has 0 aliphatic carbocycles. The molecule has 1 aromatic rings. The van der Waals surface area contributed by atoms with E-state index in [2.05, 4.69) is 15.3 Å². The highest BCUT2D eigenvalue weighted by Gasteiger charge is 2.26. The number of anilines is 1. The predicted octanol–water partition coefficient (Wildman–Crippen LogP) is 2.36. The second-order valence-corrected chi connectivity index (χ2v) is 4.76. The lowest BCUT2D eigenvalue weighted by Crippen LogP contribution is -2.14. The normalized spacial score (nSPS) is 10.7. The molecule has 0 aromatic carbocycles. The molecule has 0 fully saturated rings. The van der Waals surface area contributed by atoms with Gasteiger partial charge in [-0.3, -0.25) is 10.1 Å². The van der Waals surface area contributed by atoms with Gasteiger partial charge in [0.05, 0.1) is 18.1 Å². The first kappa shape index (κ1) is 17.1. The maximum absolute atomic E-state index is 11.3. The molecule has 0 spiro atoms. The zero-order valence-electron chi connectivity index (χ0n) is 12.9. The molecule has 0 radical (unpaired) electrons. The van der Waals surface area contributed by atoms with E-state index in [1.807, 2.05) is 20.8 Å². The van der Waals surface area contributed by atoms with Crippen LogP contribution < -0.4 is 10.1 Å². The molecule has 1 rings (SSSR count). The summed E-state index contributed by atoms with van der Waals surface area (Å²) in [5.41, 5.74) is -0.232. The summed E-state index contributed by atoms with van der Waals surface area (Å²) in [7, 11) is 1.56. The first-order chi connectivity index (χ1) is 10.0. The molecule has 1 heterocycles. The third-order valence-electron chi connectivity index (χ3n) is 2.61. The number of aromatic nitrogens is 2. The summed E-state index contributed by atoms with van der Waals surface area (Å²) in [5, 5.41) is 14.2. The minimum atomic E-state index is -0.524. The summed E-state index contributed by atoms with van der Waals surface area (Å²) in [6.07, 6.45) is 0.741. The number of hydrogen-bond acceptors (Lipinski definition) is 7. The fourth-order valence-corrected chi connectivity index (χ4v) is 1.57. The van der Waals surface area contributed by atoms with Gasteiger partial charge in [-0.25, -0.2) is 4.98 Å². The first-order valence-electron chi connectivity index (χ1n) is 6.93. The van der Waals surface area contributed by atoms with Gasteiger partial charge in [0.25, 0.3) is 5.88 Å². The highest BCUT2D eigenvalue weighted by molar-refractivity contribution is 5.61. The molecule has 0 saturated carbocycles. The van der Waals surface area contributed by atoms with E-state index in [1.165, 1.54) is 0 Å². The van der Waals surface area contributed by atoms with Gasteiger partial charge in [0.15, 0.2) is 0 Å². The summed E-state index contributed by atoms with van der Waals surface area (Å²) in [4.78, 5) is 19.2. The van der Waals surface area contributed by atoms with Crippen LogP contribution in [-0.2, 0) is 4.74 Å². The highest BCUT2D eigenvalue weighted by atomic mass is 16.6. The Bertz CT molecular complexity index is 479. The third-order valence-corrected chi connectivity index (χ3v) is 2.61. The molecule has 21 heavy (non-hydrogen) atoms. The third kappa shape index (κ3) is 4.82. The second kappa shape index (κ2) is 8.35. The van der Waals surface area contributed by atoms with Crippen molar-refractivity contribution in [3.63, 3.8) is 0 Å². The smallest absolute Gasteiger partial charge is 0.372 e. The van der Waals surface area contributed by atoms with Crippen LogP contribution in [-0.4, -0.2) is 41.8 Å². The first-order valence-corrected chi connectivity index (χ1v) is 6.93. The molecule has 8 heteroatoms. The van der Waals surface area contributed by atoms with Crippen molar-refractivity contribution in [2.24, 2.45) is 0 Å². The molecule has 0 unspecified atom stereocenters. The Morgan fingerprint density at radius 2 is 2.05 bits per heavy atom. The van der Waals surface area contributed by atoms with Gasteiger partial charge < -0.3 is 14.8 Å². The number of ether oxygens (including phenoxy) is 2. The zero-order chi connectivity index (χ0) is 15.8. The number of nitrogens with zero attached hydrogens (tertiary/aromatic N) is 3. The molecule has 8 nitrogen and oxygen atoms in total. The van der Waals surface area contributed by atoms with Crippen molar-refractivity contribution in [1.29, 1.82) is 0 Å². The van der Waals surface area contributed by atoms with Gasteiger partial charge in [0, 0.05) is 19.6 Å². The maximum Gasteiger partial charge on any atom is 0.372 e. The zero-order valence-corrected chi connectivity index (χ0v) is 12.9. The predicted molar refractivity (Wildman–Crippen MR) is 78.9 cm³/mol. The van der Waals surface area contributed by atoms with E-state index in [1.54, 1.807) is 7.11 Å². The molecule has 0 saturated heterocycles. The Morgan fingerprint density at radius 1 is 1.33 bits per heavy atom. The van der Waals surface area contributed by atoms with Crippen molar-refractivity contribution in [3.05, 3.63) is 15.9 Å². The average Bonchev–Trinajstić information content (AvgIpc) is 2.44. The summed E-state index contributed by atoms with van der Waals surface area (Å²) in [6.45, 7) is 6.97. The number of hydrogen-bond donors (Lipinski definition) is 1. The molecule has 0 aliphatic heterocycles. The summed E-state index contributed by atoms with van der Waals surface area (Å²) < 4.78 is 10.4. The van der Waals surface area contributed by atoms with Crippen LogP contribution in [0.1, 0.15) is 38.9 Å². The van der Waals surface area contributed by atoms with Crippen molar-refractivity contribution in [3.8, 4) is 5.88 Å². The largest absolute Gasteiger partial charge is 0.473 e.